The third-order valence-electron chi connectivity index (χ3n) is 3.44. The van der Waals surface area contributed by atoms with E-state index in [2.05, 4.69) is 54.9 Å². The predicted molar refractivity (Wildman–Crippen MR) is 78.4 cm³/mol. The van der Waals surface area contributed by atoms with Gasteiger partial charge in [0.25, 0.3) is 0 Å². The van der Waals surface area contributed by atoms with Crippen LogP contribution in [0.3, 0.4) is 0 Å². The summed E-state index contributed by atoms with van der Waals surface area (Å²) >= 11 is 0. The Morgan fingerprint density at radius 2 is 1.94 bits per heavy atom. The van der Waals surface area contributed by atoms with Gasteiger partial charge >= 0.3 is 0 Å². The average Bonchev–Trinajstić information content (AvgIpc) is 2.76. The van der Waals surface area contributed by atoms with Crippen molar-refractivity contribution in [2.75, 3.05) is 0 Å². The van der Waals surface area contributed by atoms with Crippen molar-refractivity contribution in [3.8, 4) is 0 Å². The molecule has 0 fully saturated rings. The summed E-state index contributed by atoms with van der Waals surface area (Å²) in [6, 6.07) is 8.66. The van der Waals surface area contributed by atoms with E-state index >= 15 is 0 Å². The molecule has 18 heavy (non-hydrogen) atoms. The summed E-state index contributed by atoms with van der Waals surface area (Å²) in [6.45, 7) is 10.3. The highest BCUT2D eigenvalue weighted by atomic mass is 15.2. The summed E-state index contributed by atoms with van der Waals surface area (Å²) in [5, 5.41) is 8.28. The molecule has 1 unspecified atom stereocenters. The van der Waals surface area contributed by atoms with Gasteiger partial charge in [0.05, 0.1) is 5.71 Å². The van der Waals surface area contributed by atoms with Crippen molar-refractivity contribution in [2.24, 2.45) is 16.1 Å². The van der Waals surface area contributed by atoms with Crippen molar-refractivity contribution in [1.29, 1.82) is 0 Å². The maximum Gasteiger partial charge on any atom is 0.0759 e. The van der Waals surface area contributed by atoms with Crippen LogP contribution in [-0.2, 0) is 6.42 Å². The first-order valence-corrected chi connectivity index (χ1v) is 6.41. The Labute approximate surface area is 109 Å². The van der Waals surface area contributed by atoms with Crippen LogP contribution in [-0.4, -0.2) is 11.4 Å². The summed E-state index contributed by atoms with van der Waals surface area (Å²) in [7, 11) is 0. The van der Waals surface area contributed by atoms with Gasteiger partial charge in [-0.25, -0.2) is 0 Å². The fourth-order valence-electron chi connectivity index (χ4n) is 1.98. The molecule has 1 atom stereocenters. The molecule has 0 amide bonds. The van der Waals surface area contributed by atoms with Gasteiger partial charge in [0.15, 0.2) is 0 Å². The lowest BCUT2D eigenvalue weighted by Crippen LogP contribution is -2.03. The highest BCUT2D eigenvalue weighted by Crippen LogP contribution is 2.17. The van der Waals surface area contributed by atoms with E-state index < -0.39 is 0 Å². The molecule has 1 heterocycles. The van der Waals surface area contributed by atoms with Crippen molar-refractivity contribution in [3.05, 3.63) is 47.5 Å². The Kier molecular flexibility index (Phi) is 3.75. The van der Waals surface area contributed by atoms with Gasteiger partial charge in [-0.3, -0.25) is 0 Å². The molecule has 94 valence electrons. The molecular weight excluding hydrogens is 220 g/mol. The summed E-state index contributed by atoms with van der Waals surface area (Å²) in [6.07, 6.45) is 1.93. The molecule has 1 aromatic rings. The zero-order chi connectivity index (χ0) is 13.1. The van der Waals surface area contributed by atoms with Crippen LogP contribution in [0.4, 0.5) is 0 Å². The van der Waals surface area contributed by atoms with Crippen LogP contribution >= 0.6 is 0 Å². The Balaban J connectivity index is 2.05. The quantitative estimate of drug-likeness (QED) is 0.710. The normalized spacial score (nSPS) is 16.2. The van der Waals surface area contributed by atoms with Crippen LogP contribution in [0.15, 0.2) is 46.6 Å². The van der Waals surface area contributed by atoms with Gasteiger partial charge in [-0.1, -0.05) is 43.3 Å². The molecule has 0 radical (unpaired) electrons. The summed E-state index contributed by atoms with van der Waals surface area (Å²) < 4.78 is 0. The fraction of sp³-hybridized carbons (Fsp3) is 0.375. The van der Waals surface area contributed by atoms with E-state index in [0.717, 1.165) is 24.3 Å². The second-order valence-electron chi connectivity index (χ2n) is 5.21. The van der Waals surface area contributed by atoms with Crippen LogP contribution in [0.1, 0.15) is 38.3 Å². The minimum Gasteiger partial charge on any atom is -0.160 e. The van der Waals surface area contributed by atoms with E-state index in [9.17, 15) is 0 Å². The van der Waals surface area contributed by atoms with Gasteiger partial charge in [-0.2, -0.15) is 10.2 Å². The zero-order valence-corrected chi connectivity index (χ0v) is 11.4. The predicted octanol–water partition coefficient (Wildman–Crippen LogP) is 4.01. The molecule has 2 nitrogen and oxygen atoms in total. The molecule has 1 aromatic carbocycles. The summed E-state index contributed by atoms with van der Waals surface area (Å²) in [5.41, 5.74) is 5.94. The van der Waals surface area contributed by atoms with Crippen LogP contribution in [0.25, 0.3) is 0 Å². The maximum absolute atomic E-state index is 4.20. The van der Waals surface area contributed by atoms with Crippen LogP contribution in [0.5, 0.6) is 0 Å². The molecule has 0 bridgehead atoms. The summed E-state index contributed by atoms with van der Waals surface area (Å²) in [4.78, 5) is 0. The second-order valence-corrected chi connectivity index (χ2v) is 5.21. The molecule has 0 saturated carbocycles. The number of hydrogen-bond donors (Lipinski definition) is 0. The van der Waals surface area contributed by atoms with Gasteiger partial charge in [0.1, 0.15) is 0 Å². The van der Waals surface area contributed by atoms with E-state index in [0.29, 0.717) is 5.92 Å². The Morgan fingerprint density at radius 1 is 1.28 bits per heavy atom. The Bertz CT molecular complexity index is 506. The Hall–Kier alpha value is -1.70. The molecule has 0 aromatic heterocycles. The largest absolute Gasteiger partial charge is 0.160 e. The molecule has 0 saturated heterocycles. The monoisotopic (exact) mass is 240 g/mol. The van der Waals surface area contributed by atoms with E-state index in [1.165, 1.54) is 16.7 Å². The minimum atomic E-state index is 0.533. The van der Waals surface area contributed by atoms with Crippen molar-refractivity contribution in [1.82, 2.24) is 0 Å². The average molecular weight is 240 g/mol. The third kappa shape index (κ3) is 2.95. The lowest BCUT2D eigenvalue weighted by Gasteiger charge is -2.11. The van der Waals surface area contributed by atoms with E-state index in [-0.39, 0.29) is 0 Å². The first-order valence-electron chi connectivity index (χ1n) is 6.41. The molecule has 0 spiro atoms. The second kappa shape index (κ2) is 5.30. The topological polar surface area (TPSA) is 24.7 Å². The van der Waals surface area contributed by atoms with E-state index in [4.69, 9.17) is 0 Å². The smallest absolute Gasteiger partial charge is 0.0759 e. The van der Waals surface area contributed by atoms with Crippen LogP contribution in [0.2, 0.25) is 0 Å². The molecule has 1 aliphatic rings. The Morgan fingerprint density at radius 3 is 2.44 bits per heavy atom. The fourth-order valence-corrected chi connectivity index (χ4v) is 1.98. The number of nitrogens with zero attached hydrogens (tertiary/aromatic N) is 2. The van der Waals surface area contributed by atoms with Gasteiger partial charge in [0.2, 0.25) is 0 Å². The maximum atomic E-state index is 4.20. The zero-order valence-electron chi connectivity index (χ0n) is 11.4. The molecule has 2 heteroatoms. The van der Waals surface area contributed by atoms with E-state index in [1.807, 2.05) is 6.92 Å². The number of hydrogen-bond acceptors (Lipinski definition) is 2. The molecule has 0 N–H and O–H groups in total. The van der Waals surface area contributed by atoms with Crippen molar-refractivity contribution >= 4 is 11.4 Å². The van der Waals surface area contributed by atoms with Gasteiger partial charge < -0.3 is 0 Å². The van der Waals surface area contributed by atoms with Crippen molar-refractivity contribution in [3.63, 3.8) is 0 Å². The van der Waals surface area contributed by atoms with Gasteiger partial charge in [-0.15, -0.1) is 0 Å². The molecule has 0 aliphatic carbocycles. The van der Waals surface area contributed by atoms with Crippen molar-refractivity contribution < 1.29 is 0 Å². The SMILES string of the molecule is C=C(C)C(C)Cc1ccc(C2=NN=C(C)C2)cc1. The first kappa shape index (κ1) is 12.7. The standard InChI is InChI=1S/C16H20N2/c1-11(2)12(3)9-14-5-7-15(8-6-14)16-10-13(4)17-18-16/h5-8,12H,1,9-10H2,2-4H3. The lowest BCUT2D eigenvalue weighted by atomic mass is 9.94. The van der Waals surface area contributed by atoms with E-state index in [1.54, 1.807) is 0 Å². The minimum absolute atomic E-state index is 0.533. The number of allylic oxidation sites excluding steroid dienone is 1. The molecular formula is C16H20N2. The number of rotatable bonds is 4. The molecule has 2 rings (SSSR count). The van der Waals surface area contributed by atoms with Crippen molar-refractivity contribution in [2.45, 2.75) is 33.6 Å². The van der Waals surface area contributed by atoms with Crippen LogP contribution in [0, 0.1) is 5.92 Å². The third-order valence-corrected chi connectivity index (χ3v) is 3.44. The number of benzene rings is 1. The lowest BCUT2D eigenvalue weighted by molar-refractivity contribution is 0.680. The molecule has 1 aliphatic heterocycles. The summed E-state index contributed by atoms with van der Waals surface area (Å²) in [5.74, 6) is 0.533. The van der Waals surface area contributed by atoms with Crippen LogP contribution < -0.4 is 0 Å². The van der Waals surface area contributed by atoms with Gasteiger partial charge in [-0.05, 0) is 37.3 Å². The highest BCUT2D eigenvalue weighted by Gasteiger charge is 2.11. The highest BCUT2D eigenvalue weighted by molar-refractivity contribution is 6.14. The first-order chi connectivity index (χ1) is 8.56. The van der Waals surface area contributed by atoms with Gasteiger partial charge in [0, 0.05) is 12.1 Å².